The van der Waals surface area contributed by atoms with Gasteiger partial charge >= 0.3 is 0 Å². The molecule has 2 heterocycles. The highest BCUT2D eigenvalue weighted by Crippen LogP contribution is 2.19. The van der Waals surface area contributed by atoms with Crippen molar-refractivity contribution in [3.63, 3.8) is 0 Å². The highest BCUT2D eigenvalue weighted by atomic mass is 16.1. The number of nitrogens with one attached hydrogen (secondary N) is 2. The number of pyridine rings is 1. The molecule has 3 aromatic rings. The van der Waals surface area contributed by atoms with Crippen molar-refractivity contribution in [1.29, 1.82) is 0 Å². The summed E-state index contributed by atoms with van der Waals surface area (Å²) in [6, 6.07) is 11.4. The summed E-state index contributed by atoms with van der Waals surface area (Å²) in [5, 5.41) is 3.77. The average molecular weight is 265 g/mol. The Labute approximate surface area is 116 Å². The maximum atomic E-state index is 12.4. The number of benzene rings is 1. The predicted octanol–water partition coefficient (Wildman–Crippen LogP) is 3.43. The minimum absolute atomic E-state index is 0.146. The van der Waals surface area contributed by atoms with Gasteiger partial charge in [0.25, 0.3) is 5.91 Å². The molecular weight excluding hydrogens is 250 g/mol. The second kappa shape index (κ2) is 4.81. The number of carbonyl (C=O) groups excluding carboxylic acids is 1. The third-order valence-corrected chi connectivity index (χ3v) is 3.18. The average Bonchev–Trinajstić information content (AvgIpc) is 2.85. The predicted molar refractivity (Wildman–Crippen MR) is 80.0 cm³/mol. The van der Waals surface area contributed by atoms with Crippen LogP contribution >= 0.6 is 0 Å². The summed E-state index contributed by atoms with van der Waals surface area (Å²) >= 11 is 0. The summed E-state index contributed by atoms with van der Waals surface area (Å²) in [5.74, 6) is 0.438. The number of anilines is 1. The molecule has 0 saturated carbocycles. The van der Waals surface area contributed by atoms with Crippen molar-refractivity contribution in [2.75, 3.05) is 5.32 Å². The Kier molecular flexibility index (Phi) is 2.99. The number of aromatic amines is 1. The molecule has 0 bridgehead atoms. The van der Waals surface area contributed by atoms with Crippen LogP contribution in [0.5, 0.6) is 0 Å². The fourth-order valence-corrected chi connectivity index (χ4v) is 2.37. The van der Waals surface area contributed by atoms with E-state index in [0.29, 0.717) is 11.4 Å². The van der Waals surface area contributed by atoms with Gasteiger partial charge in [-0.1, -0.05) is 6.07 Å². The third kappa shape index (κ3) is 2.28. The Morgan fingerprint density at radius 2 is 2.05 bits per heavy atom. The van der Waals surface area contributed by atoms with Crippen molar-refractivity contribution in [1.82, 2.24) is 9.97 Å². The van der Waals surface area contributed by atoms with Crippen molar-refractivity contribution < 1.29 is 4.79 Å². The highest BCUT2D eigenvalue weighted by Gasteiger charge is 2.11. The van der Waals surface area contributed by atoms with E-state index in [1.54, 1.807) is 0 Å². The van der Waals surface area contributed by atoms with Crippen LogP contribution in [-0.2, 0) is 0 Å². The smallest absolute Gasteiger partial charge is 0.257 e. The minimum atomic E-state index is -0.146. The molecule has 0 spiro atoms. The molecule has 100 valence electrons. The standard InChI is InChI=1S/C16H15N3O/c1-10-8-11(2)18-15(9-10)19-16(20)13-4-3-5-14-12(13)6-7-17-14/h3-9,17H,1-2H3,(H,18,19,20). The molecule has 20 heavy (non-hydrogen) atoms. The lowest BCUT2D eigenvalue weighted by atomic mass is 10.1. The first-order valence-electron chi connectivity index (χ1n) is 6.46. The lowest BCUT2D eigenvalue weighted by molar-refractivity contribution is 0.102. The van der Waals surface area contributed by atoms with Crippen LogP contribution in [0.2, 0.25) is 0 Å². The molecule has 1 amide bonds. The van der Waals surface area contributed by atoms with E-state index in [2.05, 4.69) is 15.3 Å². The number of fused-ring (bicyclic) bond motifs is 1. The largest absolute Gasteiger partial charge is 0.361 e. The topological polar surface area (TPSA) is 57.8 Å². The number of amides is 1. The molecule has 0 atom stereocenters. The summed E-state index contributed by atoms with van der Waals surface area (Å²) < 4.78 is 0. The van der Waals surface area contributed by atoms with E-state index in [4.69, 9.17) is 0 Å². The van der Waals surface area contributed by atoms with Crippen LogP contribution in [0.4, 0.5) is 5.82 Å². The van der Waals surface area contributed by atoms with E-state index in [0.717, 1.165) is 22.2 Å². The summed E-state index contributed by atoms with van der Waals surface area (Å²) in [6.07, 6.45) is 1.83. The van der Waals surface area contributed by atoms with E-state index >= 15 is 0 Å². The summed E-state index contributed by atoms with van der Waals surface area (Å²) in [4.78, 5) is 19.8. The number of nitrogens with zero attached hydrogens (tertiary/aromatic N) is 1. The van der Waals surface area contributed by atoms with Crippen LogP contribution in [0.25, 0.3) is 10.9 Å². The number of carbonyl (C=O) groups is 1. The minimum Gasteiger partial charge on any atom is -0.361 e. The van der Waals surface area contributed by atoms with Crippen LogP contribution in [-0.4, -0.2) is 15.9 Å². The fraction of sp³-hybridized carbons (Fsp3) is 0.125. The maximum absolute atomic E-state index is 12.4. The summed E-state index contributed by atoms with van der Waals surface area (Å²) in [7, 11) is 0. The second-order valence-electron chi connectivity index (χ2n) is 4.87. The first kappa shape index (κ1) is 12.4. The van der Waals surface area contributed by atoms with E-state index in [1.165, 1.54) is 0 Å². The monoisotopic (exact) mass is 265 g/mol. The number of aryl methyl sites for hydroxylation is 2. The molecule has 4 nitrogen and oxygen atoms in total. The molecule has 0 saturated heterocycles. The van der Waals surface area contributed by atoms with Crippen molar-refractivity contribution in [2.24, 2.45) is 0 Å². The van der Waals surface area contributed by atoms with Crippen molar-refractivity contribution in [3.05, 3.63) is 59.4 Å². The zero-order valence-corrected chi connectivity index (χ0v) is 11.4. The normalized spacial score (nSPS) is 10.7. The van der Waals surface area contributed by atoms with Gasteiger partial charge in [0.05, 0.1) is 0 Å². The van der Waals surface area contributed by atoms with Crippen molar-refractivity contribution >= 4 is 22.6 Å². The number of rotatable bonds is 2. The van der Waals surface area contributed by atoms with Gasteiger partial charge < -0.3 is 10.3 Å². The highest BCUT2D eigenvalue weighted by molar-refractivity contribution is 6.12. The van der Waals surface area contributed by atoms with E-state index in [9.17, 15) is 4.79 Å². The van der Waals surface area contributed by atoms with Crippen molar-refractivity contribution in [3.8, 4) is 0 Å². The number of hydrogen-bond donors (Lipinski definition) is 2. The summed E-state index contributed by atoms with van der Waals surface area (Å²) in [6.45, 7) is 3.90. The molecule has 2 aromatic heterocycles. The van der Waals surface area contributed by atoms with Crippen molar-refractivity contribution in [2.45, 2.75) is 13.8 Å². The Morgan fingerprint density at radius 3 is 2.85 bits per heavy atom. The zero-order chi connectivity index (χ0) is 14.1. The Morgan fingerprint density at radius 1 is 1.20 bits per heavy atom. The quantitative estimate of drug-likeness (QED) is 0.745. The van der Waals surface area contributed by atoms with Crippen LogP contribution in [0.15, 0.2) is 42.6 Å². The van der Waals surface area contributed by atoms with Crippen LogP contribution in [0.1, 0.15) is 21.6 Å². The lowest BCUT2D eigenvalue weighted by Crippen LogP contribution is -2.13. The van der Waals surface area contributed by atoms with Gasteiger partial charge in [-0.15, -0.1) is 0 Å². The fourth-order valence-electron chi connectivity index (χ4n) is 2.37. The van der Waals surface area contributed by atoms with Gasteiger partial charge in [-0.25, -0.2) is 4.98 Å². The van der Waals surface area contributed by atoms with Gasteiger partial charge in [0.1, 0.15) is 5.82 Å². The van der Waals surface area contributed by atoms with E-state index in [-0.39, 0.29) is 5.91 Å². The molecule has 0 radical (unpaired) electrons. The van der Waals surface area contributed by atoms with Gasteiger partial charge in [0.15, 0.2) is 0 Å². The Hall–Kier alpha value is -2.62. The van der Waals surface area contributed by atoms with Gasteiger partial charge in [-0.2, -0.15) is 0 Å². The van der Waals surface area contributed by atoms with Gasteiger partial charge in [-0.05, 0) is 49.7 Å². The Bertz CT molecular complexity index is 769. The molecule has 2 N–H and O–H groups in total. The van der Waals surface area contributed by atoms with Gasteiger partial charge in [0, 0.05) is 28.4 Å². The summed E-state index contributed by atoms with van der Waals surface area (Å²) in [5.41, 5.74) is 3.56. The molecular formula is C16H15N3O. The second-order valence-corrected chi connectivity index (χ2v) is 4.87. The molecule has 0 unspecified atom stereocenters. The SMILES string of the molecule is Cc1cc(C)nc(NC(=O)c2cccc3[nH]ccc23)c1. The van der Waals surface area contributed by atoms with Crippen LogP contribution < -0.4 is 5.32 Å². The first-order chi connectivity index (χ1) is 9.63. The first-order valence-corrected chi connectivity index (χ1v) is 6.46. The molecule has 3 rings (SSSR count). The number of hydrogen-bond acceptors (Lipinski definition) is 2. The molecule has 0 aliphatic carbocycles. The van der Waals surface area contributed by atoms with Gasteiger partial charge in [0.2, 0.25) is 0 Å². The number of H-pyrrole nitrogens is 1. The zero-order valence-electron chi connectivity index (χ0n) is 11.4. The van der Waals surface area contributed by atoms with Crippen LogP contribution in [0.3, 0.4) is 0 Å². The maximum Gasteiger partial charge on any atom is 0.257 e. The third-order valence-electron chi connectivity index (χ3n) is 3.18. The number of aromatic nitrogens is 2. The van der Waals surface area contributed by atoms with E-state index < -0.39 is 0 Å². The molecule has 0 fully saturated rings. The molecule has 0 aliphatic heterocycles. The van der Waals surface area contributed by atoms with Crippen LogP contribution in [0, 0.1) is 13.8 Å². The van der Waals surface area contributed by atoms with E-state index in [1.807, 2.05) is 56.4 Å². The lowest BCUT2D eigenvalue weighted by Gasteiger charge is -2.07. The van der Waals surface area contributed by atoms with Gasteiger partial charge in [-0.3, -0.25) is 4.79 Å². The molecule has 1 aromatic carbocycles. The Balaban J connectivity index is 1.95. The molecule has 4 heteroatoms. The molecule has 0 aliphatic rings.